The molecule has 1 fully saturated rings. The molecular formula is C13H20N2O2. The van der Waals surface area contributed by atoms with Gasteiger partial charge in [-0.2, -0.15) is 0 Å². The van der Waals surface area contributed by atoms with Crippen molar-refractivity contribution in [3.05, 3.63) is 24.3 Å². The van der Waals surface area contributed by atoms with Crippen LogP contribution >= 0.6 is 0 Å². The molecule has 0 heterocycles. The van der Waals surface area contributed by atoms with Gasteiger partial charge < -0.3 is 20.9 Å². The second-order valence-electron chi connectivity index (χ2n) is 4.78. The van der Waals surface area contributed by atoms with E-state index < -0.39 is 5.60 Å². The van der Waals surface area contributed by atoms with Gasteiger partial charge in [-0.3, -0.25) is 0 Å². The van der Waals surface area contributed by atoms with Crippen LogP contribution < -0.4 is 15.8 Å². The van der Waals surface area contributed by atoms with E-state index in [1.807, 2.05) is 24.3 Å². The lowest BCUT2D eigenvalue weighted by molar-refractivity contribution is 0.0601. The summed E-state index contributed by atoms with van der Waals surface area (Å²) < 4.78 is 5.25. The Bertz CT molecular complexity index is 383. The maximum absolute atomic E-state index is 10.3. The Balaban J connectivity index is 1.98. The third-order valence-corrected chi connectivity index (χ3v) is 3.34. The Hall–Kier alpha value is -1.26. The largest absolute Gasteiger partial charge is 0.495 e. The number of hydrogen-bond acceptors (Lipinski definition) is 4. The van der Waals surface area contributed by atoms with Crippen molar-refractivity contribution in [2.75, 3.05) is 19.0 Å². The first-order chi connectivity index (χ1) is 8.13. The van der Waals surface area contributed by atoms with Crippen molar-refractivity contribution in [2.45, 2.75) is 30.9 Å². The molecule has 1 saturated carbocycles. The standard InChI is InChI=1S/C13H20N2O2/c1-17-12-5-3-2-4-11(12)15-9-13(16)7-6-10(14)8-13/h2-5,10,15-16H,6-9,14H2,1H3. The highest BCUT2D eigenvalue weighted by atomic mass is 16.5. The summed E-state index contributed by atoms with van der Waals surface area (Å²) >= 11 is 0. The van der Waals surface area contributed by atoms with E-state index >= 15 is 0 Å². The molecule has 4 nitrogen and oxygen atoms in total. The number of ether oxygens (including phenoxy) is 1. The van der Waals surface area contributed by atoms with Crippen LogP contribution in [-0.2, 0) is 0 Å². The summed E-state index contributed by atoms with van der Waals surface area (Å²) in [6.07, 6.45) is 2.32. The van der Waals surface area contributed by atoms with Crippen molar-refractivity contribution in [1.29, 1.82) is 0 Å². The SMILES string of the molecule is COc1ccccc1NCC1(O)CCC(N)C1. The molecule has 17 heavy (non-hydrogen) atoms. The molecule has 4 N–H and O–H groups in total. The normalized spacial score (nSPS) is 28.1. The molecule has 94 valence electrons. The Morgan fingerprint density at radius 1 is 1.53 bits per heavy atom. The third-order valence-electron chi connectivity index (χ3n) is 3.34. The average molecular weight is 236 g/mol. The van der Waals surface area contributed by atoms with E-state index in [1.54, 1.807) is 7.11 Å². The number of rotatable bonds is 4. The van der Waals surface area contributed by atoms with Crippen LogP contribution in [0.4, 0.5) is 5.69 Å². The minimum Gasteiger partial charge on any atom is -0.495 e. The molecule has 0 saturated heterocycles. The number of benzene rings is 1. The number of nitrogens with one attached hydrogen (secondary N) is 1. The van der Waals surface area contributed by atoms with E-state index in [0.29, 0.717) is 13.0 Å². The summed E-state index contributed by atoms with van der Waals surface area (Å²) in [5.41, 5.74) is 6.05. The van der Waals surface area contributed by atoms with Gasteiger partial charge in [0.2, 0.25) is 0 Å². The fraction of sp³-hybridized carbons (Fsp3) is 0.538. The van der Waals surface area contributed by atoms with Gasteiger partial charge in [0.25, 0.3) is 0 Å². The first kappa shape index (κ1) is 12.2. The number of aliphatic hydroxyl groups is 1. The van der Waals surface area contributed by atoms with Gasteiger partial charge in [0.1, 0.15) is 5.75 Å². The zero-order valence-corrected chi connectivity index (χ0v) is 10.1. The predicted molar refractivity (Wildman–Crippen MR) is 68.3 cm³/mol. The lowest BCUT2D eigenvalue weighted by Gasteiger charge is -2.24. The van der Waals surface area contributed by atoms with Crippen LogP contribution in [0.1, 0.15) is 19.3 Å². The first-order valence-corrected chi connectivity index (χ1v) is 5.98. The van der Waals surface area contributed by atoms with E-state index in [2.05, 4.69) is 5.32 Å². The molecule has 0 radical (unpaired) electrons. The fourth-order valence-corrected chi connectivity index (χ4v) is 2.36. The topological polar surface area (TPSA) is 67.5 Å². The maximum Gasteiger partial charge on any atom is 0.141 e. The number of para-hydroxylation sites is 2. The predicted octanol–water partition coefficient (Wildman–Crippen LogP) is 1.35. The van der Waals surface area contributed by atoms with Gasteiger partial charge in [0, 0.05) is 12.6 Å². The molecule has 2 unspecified atom stereocenters. The van der Waals surface area contributed by atoms with Crippen LogP contribution in [0.25, 0.3) is 0 Å². The van der Waals surface area contributed by atoms with Gasteiger partial charge in [-0.25, -0.2) is 0 Å². The molecule has 1 aliphatic carbocycles. The minimum atomic E-state index is -0.680. The minimum absolute atomic E-state index is 0.125. The van der Waals surface area contributed by atoms with E-state index in [1.165, 1.54) is 0 Å². The molecule has 0 aliphatic heterocycles. The van der Waals surface area contributed by atoms with Gasteiger partial charge in [-0.1, -0.05) is 12.1 Å². The molecular weight excluding hydrogens is 216 g/mol. The highest BCUT2D eigenvalue weighted by Gasteiger charge is 2.35. The summed E-state index contributed by atoms with van der Waals surface area (Å²) in [5, 5.41) is 13.5. The van der Waals surface area contributed by atoms with Crippen molar-refractivity contribution in [2.24, 2.45) is 5.73 Å². The molecule has 2 rings (SSSR count). The summed E-state index contributed by atoms with van der Waals surface area (Å²) in [7, 11) is 1.64. The molecule has 1 aromatic rings. The second kappa shape index (κ2) is 4.94. The molecule has 0 bridgehead atoms. The zero-order chi connectivity index (χ0) is 12.3. The van der Waals surface area contributed by atoms with E-state index in [0.717, 1.165) is 24.3 Å². The van der Waals surface area contributed by atoms with Crippen molar-refractivity contribution in [3.63, 3.8) is 0 Å². The molecule has 0 amide bonds. The average Bonchev–Trinajstić information content (AvgIpc) is 2.68. The van der Waals surface area contributed by atoms with Gasteiger partial charge in [0.15, 0.2) is 0 Å². The number of nitrogens with two attached hydrogens (primary N) is 1. The second-order valence-corrected chi connectivity index (χ2v) is 4.78. The van der Waals surface area contributed by atoms with Crippen LogP contribution in [0.15, 0.2) is 24.3 Å². The van der Waals surface area contributed by atoms with Crippen molar-refractivity contribution in [3.8, 4) is 5.75 Å². The first-order valence-electron chi connectivity index (χ1n) is 5.98. The molecule has 1 aliphatic rings. The van der Waals surface area contributed by atoms with Crippen molar-refractivity contribution in [1.82, 2.24) is 0 Å². The van der Waals surface area contributed by atoms with Gasteiger partial charge in [-0.15, -0.1) is 0 Å². The van der Waals surface area contributed by atoms with Crippen LogP contribution in [0.2, 0.25) is 0 Å². The molecule has 0 aromatic heterocycles. The maximum atomic E-state index is 10.3. The Kier molecular flexibility index (Phi) is 3.54. The Labute approximate surface area is 102 Å². The molecule has 2 atom stereocenters. The monoisotopic (exact) mass is 236 g/mol. The summed E-state index contributed by atoms with van der Waals surface area (Å²) in [5.74, 6) is 0.790. The summed E-state index contributed by atoms with van der Waals surface area (Å²) in [6.45, 7) is 0.515. The van der Waals surface area contributed by atoms with Gasteiger partial charge >= 0.3 is 0 Å². The van der Waals surface area contributed by atoms with Crippen molar-refractivity contribution < 1.29 is 9.84 Å². The number of methoxy groups -OCH3 is 1. The summed E-state index contributed by atoms with van der Waals surface area (Å²) in [6, 6.07) is 7.82. The van der Waals surface area contributed by atoms with Crippen molar-refractivity contribution >= 4 is 5.69 Å². The molecule has 4 heteroatoms. The van der Waals surface area contributed by atoms with E-state index in [4.69, 9.17) is 10.5 Å². The lowest BCUT2D eigenvalue weighted by Crippen LogP contribution is -2.35. The number of hydrogen-bond donors (Lipinski definition) is 3. The Morgan fingerprint density at radius 3 is 2.94 bits per heavy atom. The molecule has 0 spiro atoms. The Morgan fingerprint density at radius 2 is 2.29 bits per heavy atom. The van der Waals surface area contributed by atoms with Crippen LogP contribution in [0.3, 0.4) is 0 Å². The number of anilines is 1. The van der Waals surface area contributed by atoms with Gasteiger partial charge in [0.05, 0.1) is 18.4 Å². The van der Waals surface area contributed by atoms with Crippen LogP contribution in [0.5, 0.6) is 5.75 Å². The summed E-state index contributed by atoms with van der Waals surface area (Å²) in [4.78, 5) is 0. The highest BCUT2D eigenvalue weighted by molar-refractivity contribution is 5.56. The molecule has 1 aromatic carbocycles. The third kappa shape index (κ3) is 2.90. The van der Waals surface area contributed by atoms with Crippen LogP contribution in [-0.4, -0.2) is 30.4 Å². The van der Waals surface area contributed by atoms with E-state index in [-0.39, 0.29) is 6.04 Å². The highest BCUT2D eigenvalue weighted by Crippen LogP contribution is 2.30. The van der Waals surface area contributed by atoms with Crippen LogP contribution in [0, 0.1) is 0 Å². The quantitative estimate of drug-likeness (QED) is 0.738. The zero-order valence-electron chi connectivity index (χ0n) is 10.1. The fourth-order valence-electron chi connectivity index (χ4n) is 2.36. The van der Waals surface area contributed by atoms with Gasteiger partial charge in [-0.05, 0) is 31.4 Å². The van der Waals surface area contributed by atoms with E-state index in [9.17, 15) is 5.11 Å². The lowest BCUT2D eigenvalue weighted by atomic mass is 10.0. The smallest absolute Gasteiger partial charge is 0.141 e.